The molecule has 2 aromatic heterocycles. The van der Waals surface area contributed by atoms with Gasteiger partial charge in [0.2, 0.25) is 0 Å². The summed E-state index contributed by atoms with van der Waals surface area (Å²) in [4.78, 5) is 22.6. The van der Waals surface area contributed by atoms with Gasteiger partial charge >= 0.3 is 5.69 Å². The quantitative estimate of drug-likeness (QED) is 0.662. The number of hydrogen-bond donors (Lipinski definition) is 1. The lowest BCUT2D eigenvalue weighted by Crippen LogP contribution is -2.43. The Kier molecular flexibility index (Phi) is 4.87. The van der Waals surface area contributed by atoms with Crippen LogP contribution in [-0.2, 0) is 6.54 Å². The minimum absolute atomic E-state index is 0.0788. The zero-order chi connectivity index (χ0) is 18.0. The van der Waals surface area contributed by atoms with Crippen LogP contribution in [0.15, 0.2) is 28.9 Å². The highest BCUT2D eigenvalue weighted by Crippen LogP contribution is 2.29. The molecule has 2 heterocycles. The third-order valence-electron chi connectivity index (χ3n) is 5.06. The topological polar surface area (TPSA) is 103 Å². The van der Waals surface area contributed by atoms with Crippen LogP contribution in [0.4, 0.5) is 5.69 Å². The molecule has 0 unspecified atom stereocenters. The van der Waals surface area contributed by atoms with Crippen molar-refractivity contribution in [3.63, 3.8) is 0 Å². The summed E-state index contributed by atoms with van der Waals surface area (Å²) in [5.74, 6) is 1.59. The van der Waals surface area contributed by atoms with E-state index < -0.39 is 4.92 Å². The van der Waals surface area contributed by atoms with Gasteiger partial charge in [-0.25, -0.2) is 0 Å². The summed E-state index contributed by atoms with van der Waals surface area (Å²) in [7, 11) is 0. The molecule has 1 aliphatic rings. The van der Waals surface area contributed by atoms with E-state index in [1.165, 1.54) is 23.5 Å². The Morgan fingerprint density at radius 2 is 2.24 bits per heavy atom. The number of nitrogens with one attached hydrogen (secondary N) is 1. The fourth-order valence-corrected chi connectivity index (χ4v) is 3.30. The van der Waals surface area contributed by atoms with Crippen molar-refractivity contribution in [1.29, 1.82) is 0 Å². The lowest BCUT2D eigenvalue weighted by molar-refractivity contribution is -0.385. The van der Waals surface area contributed by atoms with Crippen LogP contribution in [0.5, 0.6) is 0 Å². The second-order valence-electron chi connectivity index (χ2n) is 6.77. The number of nitrogens with zero attached hydrogens (tertiary/aromatic N) is 3. The smallest absolute Gasteiger partial charge is 0.307 e. The first kappa shape index (κ1) is 17.2. The first-order valence-electron chi connectivity index (χ1n) is 8.50. The molecule has 8 nitrogen and oxygen atoms in total. The van der Waals surface area contributed by atoms with E-state index in [0.717, 1.165) is 12.8 Å². The summed E-state index contributed by atoms with van der Waals surface area (Å²) in [5.41, 5.74) is -0.0788. The van der Waals surface area contributed by atoms with Crippen molar-refractivity contribution in [1.82, 2.24) is 15.1 Å². The summed E-state index contributed by atoms with van der Waals surface area (Å²) in [6, 6.07) is 3.48. The maximum atomic E-state index is 12.4. The van der Waals surface area contributed by atoms with Crippen molar-refractivity contribution in [2.24, 2.45) is 11.8 Å². The highest BCUT2D eigenvalue weighted by molar-refractivity contribution is 5.91. The van der Waals surface area contributed by atoms with Gasteiger partial charge < -0.3 is 9.73 Å². The highest BCUT2D eigenvalue weighted by Gasteiger charge is 2.29. The van der Waals surface area contributed by atoms with Crippen LogP contribution in [-0.4, -0.2) is 26.7 Å². The standard InChI is InChI=1S/C17H22N4O4/c1-11-4-3-5-15(12(11)2)19-17(22)16-7-6-14(25-16)10-20-9-13(8-18-20)21(23)24/h6-9,11-12,15H,3-5,10H2,1-2H3,(H,19,22)/t11-,12+,15+/m0/s1. The molecule has 0 spiro atoms. The zero-order valence-electron chi connectivity index (χ0n) is 14.3. The number of carbonyl (C=O) groups is 1. The molecule has 3 atom stereocenters. The SMILES string of the molecule is C[C@@H]1[C@@H](C)CCC[C@H]1NC(=O)c1ccc(Cn2cc([N+](=O)[O-])cn2)o1. The molecule has 8 heteroatoms. The van der Waals surface area contributed by atoms with E-state index in [4.69, 9.17) is 4.42 Å². The number of aromatic nitrogens is 2. The Hall–Kier alpha value is -2.64. The summed E-state index contributed by atoms with van der Waals surface area (Å²) in [6.45, 7) is 4.63. The minimum Gasteiger partial charge on any atom is -0.454 e. The van der Waals surface area contributed by atoms with Crippen molar-refractivity contribution >= 4 is 11.6 Å². The van der Waals surface area contributed by atoms with Crippen molar-refractivity contribution in [3.05, 3.63) is 46.2 Å². The zero-order valence-corrected chi connectivity index (χ0v) is 14.3. The lowest BCUT2D eigenvalue weighted by atomic mass is 9.78. The monoisotopic (exact) mass is 346 g/mol. The van der Waals surface area contributed by atoms with Gasteiger partial charge in [-0.2, -0.15) is 5.10 Å². The van der Waals surface area contributed by atoms with E-state index in [1.807, 2.05) is 0 Å². The van der Waals surface area contributed by atoms with Gasteiger partial charge in [0.25, 0.3) is 5.91 Å². The van der Waals surface area contributed by atoms with Crippen LogP contribution in [0.1, 0.15) is 49.4 Å². The van der Waals surface area contributed by atoms with E-state index in [0.29, 0.717) is 17.6 Å². The Bertz CT molecular complexity index is 766. The first-order valence-corrected chi connectivity index (χ1v) is 8.50. The number of hydrogen-bond acceptors (Lipinski definition) is 5. The van der Waals surface area contributed by atoms with Gasteiger partial charge in [-0.3, -0.25) is 19.6 Å². The molecular formula is C17H22N4O4. The van der Waals surface area contributed by atoms with Crippen LogP contribution >= 0.6 is 0 Å². The molecular weight excluding hydrogens is 324 g/mol. The van der Waals surface area contributed by atoms with Gasteiger partial charge in [-0.15, -0.1) is 0 Å². The van der Waals surface area contributed by atoms with E-state index in [2.05, 4.69) is 24.3 Å². The second kappa shape index (κ2) is 7.08. The molecule has 0 radical (unpaired) electrons. The molecule has 1 saturated carbocycles. The van der Waals surface area contributed by atoms with Gasteiger partial charge in [0.05, 0.1) is 11.5 Å². The second-order valence-corrected chi connectivity index (χ2v) is 6.77. The molecule has 134 valence electrons. The molecule has 2 aromatic rings. The van der Waals surface area contributed by atoms with Crippen LogP contribution < -0.4 is 5.32 Å². The number of carbonyl (C=O) groups excluding carboxylic acids is 1. The van der Waals surface area contributed by atoms with E-state index >= 15 is 0 Å². The third kappa shape index (κ3) is 3.89. The van der Waals surface area contributed by atoms with E-state index in [1.54, 1.807) is 12.1 Å². The van der Waals surface area contributed by atoms with Crippen molar-refractivity contribution < 1.29 is 14.1 Å². The van der Waals surface area contributed by atoms with Crippen LogP contribution in [0, 0.1) is 22.0 Å². The normalized spacial score (nSPS) is 23.4. The van der Waals surface area contributed by atoms with Crippen molar-refractivity contribution in [3.8, 4) is 0 Å². The maximum absolute atomic E-state index is 12.4. The minimum atomic E-state index is -0.503. The Balaban J connectivity index is 1.62. The molecule has 0 aromatic carbocycles. The fourth-order valence-electron chi connectivity index (χ4n) is 3.30. The Morgan fingerprint density at radius 3 is 2.96 bits per heavy atom. The van der Waals surface area contributed by atoms with Crippen molar-refractivity contribution in [2.45, 2.75) is 45.7 Å². The van der Waals surface area contributed by atoms with Crippen molar-refractivity contribution in [2.75, 3.05) is 0 Å². The largest absolute Gasteiger partial charge is 0.454 e. The average Bonchev–Trinajstić information content (AvgIpc) is 3.22. The molecule has 0 bridgehead atoms. The van der Waals surface area contributed by atoms with Gasteiger partial charge in [-0.1, -0.05) is 26.7 Å². The summed E-state index contributed by atoms with van der Waals surface area (Å²) >= 11 is 0. The molecule has 1 fully saturated rings. The van der Waals surface area contributed by atoms with Crippen LogP contribution in [0.2, 0.25) is 0 Å². The van der Waals surface area contributed by atoms with E-state index in [-0.39, 0.29) is 29.9 Å². The summed E-state index contributed by atoms with van der Waals surface area (Å²) in [6.07, 6.45) is 5.82. The molecule has 1 aliphatic carbocycles. The van der Waals surface area contributed by atoms with Gasteiger partial charge in [0.1, 0.15) is 18.2 Å². The average molecular weight is 346 g/mol. The molecule has 0 aliphatic heterocycles. The third-order valence-corrected chi connectivity index (χ3v) is 5.06. The first-order chi connectivity index (χ1) is 11.9. The van der Waals surface area contributed by atoms with Gasteiger partial charge in [0.15, 0.2) is 5.76 Å². The molecule has 1 N–H and O–H groups in total. The molecule has 3 rings (SSSR count). The summed E-state index contributed by atoms with van der Waals surface area (Å²) in [5, 5.41) is 17.7. The summed E-state index contributed by atoms with van der Waals surface area (Å²) < 4.78 is 6.99. The number of nitro groups is 1. The van der Waals surface area contributed by atoms with Gasteiger partial charge in [0, 0.05) is 6.04 Å². The lowest BCUT2D eigenvalue weighted by Gasteiger charge is -2.34. The number of rotatable bonds is 5. The van der Waals surface area contributed by atoms with E-state index in [9.17, 15) is 14.9 Å². The van der Waals surface area contributed by atoms with Gasteiger partial charge in [-0.05, 0) is 30.4 Å². The number of amides is 1. The van der Waals surface area contributed by atoms with Crippen LogP contribution in [0.25, 0.3) is 0 Å². The maximum Gasteiger partial charge on any atom is 0.307 e. The Morgan fingerprint density at radius 1 is 1.44 bits per heavy atom. The molecule has 1 amide bonds. The Labute approximate surface area is 145 Å². The fraction of sp³-hybridized carbons (Fsp3) is 0.529. The molecule has 0 saturated heterocycles. The predicted molar refractivity (Wildman–Crippen MR) is 90.1 cm³/mol. The van der Waals surface area contributed by atoms with Crippen LogP contribution in [0.3, 0.4) is 0 Å². The highest BCUT2D eigenvalue weighted by atomic mass is 16.6. The predicted octanol–water partition coefficient (Wildman–Crippen LogP) is 2.99. The molecule has 25 heavy (non-hydrogen) atoms. The number of furan rings is 1.